The summed E-state index contributed by atoms with van der Waals surface area (Å²) in [6, 6.07) is 14.8. The van der Waals surface area contributed by atoms with Gasteiger partial charge in [0.25, 0.3) is 12.4 Å². The van der Waals surface area contributed by atoms with Gasteiger partial charge in [-0.05, 0) is 67.5 Å². The summed E-state index contributed by atoms with van der Waals surface area (Å²) >= 11 is 1.61. The molecule has 0 fully saturated rings. The van der Waals surface area contributed by atoms with Crippen LogP contribution in [0.15, 0.2) is 76.8 Å². The van der Waals surface area contributed by atoms with E-state index >= 15 is 0 Å². The molecule has 0 bridgehead atoms. The first-order valence-electron chi connectivity index (χ1n) is 9.90. The van der Waals surface area contributed by atoms with Gasteiger partial charge in [-0.3, -0.25) is 14.6 Å². The van der Waals surface area contributed by atoms with E-state index in [1.54, 1.807) is 48.4 Å². The molecule has 0 aliphatic heterocycles. The maximum absolute atomic E-state index is 12.6. The summed E-state index contributed by atoms with van der Waals surface area (Å²) in [4.78, 5) is 25.9. The number of amides is 1. The Morgan fingerprint density at radius 1 is 1.28 bits per heavy atom. The molecule has 168 valence electrons. The number of hydrogen-bond acceptors (Lipinski definition) is 5. The molecule has 7 heteroatoms. The highest BCUT2D eigenvalue weighted by atomic mass is 32.2. The first-order valence-corrected chi connectivity index (χ1v) is 10.9. The van der Waals surface area contributed by atoms with Crippen molar-refractivity contribution in [1.29, 1.82) is 5.26 Å². The molecule has 1 amide bonds. The van der Waals surface area contributed by atoms with Crippen LogP contribution in [0.5, 0.6) is 0 Å². The number of nitrogens with zero attached hydrogens (tertiary/aromatic N) is 2. The number of hydrogen-bond donors (Lipinski definition) is 2. The predicted octanol–water partition coefficient (Wildman–Crippen LogP) is 6.10. The topological polar surface area (TPSA) is 103 Å². The van der Waals surface area contributed by atoms with Crippen molar-refractivity contribution < 1.29 is 14.7 Å². The first-order chi connectivity index (χ1) is 15.4. The lowest BCUT2D eigenvalue weighted by atomic mass is 10.1. The molecule has 2 aromatic carbocycles. The molecule has 0 aliphatic rings. The maximum Gasteiger partial charge on any atom is 0.290 e. The van der Waals surface area contributed by atoms with E-state index in [0.717, 1.165) is 21.8 Å². The van der Waals surface area contributed by atoms with Gasteiger partial charge in [0.05, 0.1) is 11.6 Å². The van der Waals surface area contributed by atoms with E-state index in [9.17, 15) is 4.79 Å². The van der Waals surface area contributed by atoms with Crippen molar-refractivity contribution >= 4 is 36.0 Å². The molecule has 2 N–H and O–H groups in total. The van der Waals surface area contributed by atoms with Gasteiger partial charge in [0, 0.05) is 34.3 Å². The summed E-state index contributed by atoms with van der Waals surface area (Å²) in [6.07, 6.45) is 5.30. The number of carbonyl (C=O) groups is 2. The fourth-order valence-corrected chi connectivity index (χ4v) is 3.09. The molecule has 0 atom stereocenters. The summed E-state index contributed by atoms with van der Waals surface area (Å²) in [7, 11) is 0. The van der Waals surface area contributed by atoms with Crippen molar-refractivity contribution in [3.63, 3.8) is 0 Å². The third kappa shape index (κ3) is 11.0. The van der Waals surface area contributed by atoms with Crippen molar-refractivity contribution in [2.24, 2.45) is 4.99 Å². The molecule has 0 aromatic heterocycles. The lowest BCUT2D eigenvalue weighted by molar-refractivity contribution is -0.122. The van der Waals surface area contributed by atoms with Crippen LogP contribution in [0.1, 0.15) is 42.3 Å². The molecule has 6 nitrogen and oxygen atoms in total. The van der Waals surface area contributed by atoms with Gasteiger partial charge in [0.2, 0.25) is 0 Å². The summed E-state index contributed by atoms with van der Waals surface area (Å²) in [5.74, 6) is 0.538. The van der Waals surface area contributed by atoms with Crippen molar-refractivity contribution in [2.45, 2.75) is 32.6 Å². The van der Waals surface area contributed by atoms with Crippen LogP contribution in [0.25, 0.3) is 0 Å². The molecule has 2 aromatic rings. The van der Waals surface area contributed by atoms with Crippen molar-refractivity contribution in [3.05, 3.63) is 83.6 Å². The van der Waals surface area contributed by atoms with Crippen LogP contribution in [0.4, 0.5) is 5.69 Å². The highest BCUT2D eigenvalue weighted by molar-refractivity contribution is 7.99. The van der Waals surface area contributed by atoms with Crippen LogP contribution >= 0.6 is 11.8 Å². The molecular weight excluding hydrogens is 422 g/mol. The van der Waals surface area contributed by atoms with Crippen LogP contribution in [-0.2, 0) is 4.79 Å². The number of benzene rings is 2. The average molecular weight is 452 g/mol. The van der Waals surface area contributed by atoms with E-state index in [0.29, 0.717) is 16.8 Å². The van der Waals surface area contributed by atoms with Crippen LogP contribution in [0.3, 0.4) is 0 Å². The third-order valence-corrected chi connectivity index (χ3v) is 4.77. The van der Waals surface area contributed by atoms with Gasteiger partial charge in [-0.1, -0.05) is 26.5 Å². The van der Waals surface area contributed by atoms with E-state index in [1.807, 2.05) is 52.0 Å². The van der Waals surface area contributed by atoms with Gasteiger partial charge in [-0.25, -0.2) is 0 Å². The van der Waals surface area contributed by atoms with E-state index in [1.165, 1.54) is 0 Å². The van der Waals surface area contributed by atoms with Gasteiger partial charge in [0.15, 0.2) is 0 Å². The Balaban J connectivity index is 0.00000177. The highest BCUT2D eigenvalue weighted by Crippen LogP contribution is 2.23. The SMILES string of the molecule is C=C(/C=C\N=CC)CSc1cccc(C(=O)Nc2ccc(C#N)cc2C)c1.CC.O=CO. The zero-order chi connectivity index (χ0) is 24.4. The van der Waals surface area contributed by atoms with Crippen LogP contribution in [0, 0.1) is 18.3 Å². The van der Waals surface area contributed by atoms with Crippen LogP contribution in [0.2, 0.25) is 0 Å². The van der Waals surface area contributed by atoms with Gasteiger partial charge in [-0.15, -0.1) is 11.8 Å². The first kappa shape index (κ1) is 28.4. The molecule has 32 heavy (non-hydrogen) atoms. The van der Waals surface area contributed by atoms with Crippen molar-refractivity contribution in [3.8, 4) is 6.07 Å². The second-order valence-corrected chi connectivity index (χ2v) is 6.95. The zero-order valence-corrected chi connectivity index (χ0v) is 19.6. The number of aryl methyl sites for hydroxylation is 1. The molecule has 0 heterocycles. The largest absolute Gasteiger partial charge is 0.483 e. The van der Waals surface area contributed by atoms with E-state index in [4.69, 9.17) is 15.2 Å². The molecule has 0 spiro atoms. The monoisotopic (exact) mass is 451 g/mol. The molecule has 0 aliphatic carbocycles. The third-order valence-electron chi connectivity index (χ3n) is 3.67. The Kier molecular flexibility index (Phi) is 15.2. The lowest BCUT2D eigenvalue weighted by Gasteiger charge is -2.10. The summed E-state index contributed by atoms with van der Waals surface area (Å²) in [6.45, 7) is 11.5. The van der Waals surface area contributed by atoms with E-state index < -0.39 is 0 Å². The average Bonchev–Trinajstić information content (AvgIpc) is 2.81. The summed E-state index contributed by atoms with van der Waals surface area (Å²) in [5, 5.41) is 18.7. The van der Waals surface area contributed by atoms with Crippen molar-refractivity contribution in [1.82, 2.24) is 0 Å². The number of rotatable bonds is 7. The Hall–Kier alpha value is -3.63. The van der Waals surface area contributed by atoms with Gasteiger partial charge >= 0.3 is 0 Å². The van der Waals surface area contributed by atoms with Crippen LogP contribution in [-0.4, -0.2) is 29.5 Å². The number of allylic oxidation sites excluding steroid dienone is 1. The Morgan fingerprint density at radius 3 is 2.56 bits per heavy atom. The van der Waals surface area contributed by atoms with Crippen molar-refractivity contribution in [2.75, 3.05) is 11.1 Å². The lowest BCUT2D eigenvalue weighted by Crippen LogP contribution is -2.12. The Morgan fingerprint density at radius 2 is 1.97 bits per heavy atom. The fraction of sp³-hybridized carbons (Fsp3) is 0.200. The molecule has 0 unspecified atom stereocenters. The maximum atomic E-state index is 12.6. The van der Waals surface area contributed by atoms with Gasteiger partial charge in [-0.2, -0.15) is 5.26 Å². The number of thioether (sulfide) groups is 1. The Bertz CT molecular complexity index is 992. The molecular formula is C25H29N3O3S. The van der Waals surface area contributed by atoms with Gasteiger partial charge in [0.1, 0.15) is 0 Å². The second kappa shape index (κ2) is 17.1. The molecule has 2 rings (SSSR count). The highest BCUT2D eigenvalue weighted by Gasteiger charge is 2.09. The fourth-order valence-electron chi connectivity index (χ4n) is 2.25. The summed E-state index contributed by atoms with van der Waals surface area (Å²) < 4.78 is 0. The van der Waals surface area contributed by atoms with E-state index in [2.05, 4.69) is 23.0 Å². The number of anilines is 1. The Labute approximate surface area is 194 Å². The van der Waals surface area contributed by atoms with E-state index in [-0.39, 0.29) is 12.4 Å². The minimum Gasteiger partial charge on any atom is -0.483 e. The number of nitriles is 1. The number of aliphatic imine (C=N–C) groups is 1. The van der Waals surface area contributed by atoms with Crippen LogP contribution < -0.4 is 5.32 Å². The standard InChI is InChI=1S/C22H21N3OS.C2H6.CH2O2/c1-4-24-11-10-16(2)15-27-20-7-5-6-19(13-20)22(26)25-21-9-8-18(14-23)12-17(21)3;1-2;2-1-3/h4-13H,2,15H2,1,3H3,(H,25,26);1-2H3;1H,(H,2,3)/b11-10-,24-4?;;. The predicted molar refractivity (Wildman–Crippen MR) is 134 cm³/mol. The smallest absolute Gasteiger partial charge is 0.290 e. The zero-order valence-electron chi connectivity index (χ0n) is 18.8. The molecule has 0 saturated carbocycles. The minimum absolute atomic E-state index is 0.179. The minimum atomic E-state index is -0.250. The molecule has 0 radical (unpaired) electrons. The quantitative estimate of drug-likeness (QED) is 0.229. The summed E-state index contributed by atoms with van der Waals surface area (Å²) in [5.41, 5.74) is 3.66. The normalized spacial score (nSPS) is 9.72. The number of carboxylic acid groups (broad SMARTS) is 1. The number of nitrogens with one attached hydrogen (secondary N) is 1. The second-order valence-electron chi connectivity index (χ2n) is 5.90. The molecule has 0 saturated heterocycles. The van der Waals surface area contributed by atoms with Gasteiger partial charge < -0.3 is 10.4 Å². The number of carbonyl (C=O) groups excluding carboxylic acids is 1.